The first-order chi connectivity index (χ1) is 12.1. The minimum Gasteiger partial charge on any atom is -0.355 e. The van der Waals surface area contributed by atoms with Crippen LogP contribution in [0.15, 0.2) is 24.3 Å². The second kappa shape index (κ2) is 8.43. The lowest BCUT2D eigenvalue weighted by atomic mass is 9.84. The Morgan fingerprint density at radius 3 is 2.36 bits per heavy atom. The maximum absolute atomic E-state index is 12.8. The summed E-state index contributed by atoms with van der Waals surface area (Å²) >= 11 is 0. The molecular weight excluding hydrogens is 321 g/mol. The second-order valence-electron chi connectivity index (χ2n) is 6.95. The Morgan fingerprint density at radius 1 is 1.08 bits per heavy atom. The van der Waals surface area contributed by atoms with E-state index in [1.54, 1.807) is 12.1 Å². The molecule has 1 N–H and O–H groups in total. The zero-order chi connectivity index (χ0) is 17.6. The van der Waals surface area contributed by atoms with E-state index in [0.717, 1.165) is 51.1 Å². The van der Waals surface area contributed by atoms with Gasteiger partial charge >= 0.3 is 0 Å². The molecule has 3 rings (SSSR count). The van der Waals surface area contributed by atoms with Gasteiger partial charge in [0.15, 0.2) is 0 Å². The summed E-state index contributed by atoms with van der Waals surface area (Å²) in [5.41, 5.74) is 0.807. The summed E-state index contributed by atoms with van der Waals surface area (Å²) in [7, 11) is 0. The van der Waals surface area contributed by atoms with E-state index in [0.29, 0.717) is 12.5 Å². The number of piperazine rings is 1. The molecule has 6 heteroatoms. The van der Waals surface area contributed by atoms with Gasteiger partial charge in [-0.3, -0.25) is 14.5 Å². The molecule has 0 aromatic heterocycles. The predicted molar refractivity (Wildman–Crippen MR) is 93.5 cm³/mol. The molecule has 1 aromatic carbocycles. The van der Waals surface area contributed by atoms with Crippen LogP contribution in [-0.2, 0) is 16.0 Å². The van der Waals surface area contributed by atoms with E-state index in [-0.39, 0.29) is 24.1 Å². The van der Waals surface area contributed by atoms with Gasteiger partial charge in [-0.05, 0) is 30.5 Å². The molecule has 2 fully saturated rings. The number of nitrogens with one attached hydrogen (secondary N) is 1. The Bertz CT molecular complexity index is 593. The minimum absolute atomic E-state index is 0.0506. The highest BCUT2D eigenvalue weighted by molar-refractivity contribution is 5.79. The summed E-state index contributed by atoms with van der Waals surface area (Å²) in [6.07, 6.45) is 3.57. The van der Waals surface area contributed by atoms with E-state index in [1.165, 1.54) is 18.6 Å². The monoisotopic (exact) mass is 347 g/mol. The predicted octanol–water partition coefficient (Wildman–Crippen LogP) is 1.43. The highest BCUT2D eigenvalue weighted by Gasteiger charge is 2.30. The number of amides is 2. The molecule has 0 bridgehead atoms. The van der Waals surface area contributed by atoms with Crippen molar-refractivity contribution in [2.75, 3.05) is 39.3 Å². The van der Waals surface area contributed by atoms with Crippen LogP contribution in [-0.4, -0.2) is 60.9 Å². The van der Waals surface area contributed by atoms with Crippen molar-refractivity contribution in [2.24, 2.45) is 5.92 Å². The third kappa shape index (κ3) is 5.01. The molecule has 1 saturated carbocycles. The smallest absolute Gasteiger partial charge is 0.225 e. The Balaban J connectivity index is 1.31. The van der Waals surface area contributed by atoms with Crippen molar-refractivity contribution in [3.8, 4) is 0 Å². The number of hydrogen-bond acceptors (Lipinski definition) is 3. The minimum atomic E-state index is -0.293. The van der Waals surface area contributed by atoms with Crippen LogP contribution in [0.5, 0.6) is 0 Å². The van der Waals surface area contributed by atoms with Crippen LogP contribution in [0.2, 0.25) is 0 Å². The standard InChI is InChI=1S/C19H26FN3O2/c20-17-6-4-15(5-7-17)14-18(24)21-8-9-22-10-12-23(13-11-22)19(25)16-2-1-3-16/h4-7,16H,1-3,8-14H2,(H,21,24). The maximum Gasteiger partial charge on any atom is 0.225 e. The summed E-state index contributed by atoms with van der Waals surface area (Å²) in [5.74, 6) is 0.264. The Labute approximate surface area is 148 Å². The van der Waals surface area contributed by atoms with Gasteiger partial charge in [0.1, 0.15) is 5.82 Å². The van der Waals surface area contributed by atoms with Gasteiger partial charge < -0.3 is 10.2 Å². The van der Waals surface area contributed by atoms with Gasteiger partial charge in [-0.15, -0.1) is 0 Å². The Hall–Kier alpha value is -1.95. The van der Waals surface area contributed by atoms with E-state index >= 15 is 0 Å². The SMILES string of the molecule is O=C(Cc1ccc(F)cc1)NCCN1CCN(C(=O)C2CCC2)CC1. The van der Waals surface area contributed by atoms with Gasteiger partial charge in [0.05, 0.1) is 6.42 Å². The molecular formula is C19H26FN3O2. The molecule has 2 amide bonds. The average molecular weight is 347 g/mol. The Kier molecular flexibility index (Phi) is 6.02. The molecule has 1 aliphatic heterocycles. The van der Waals surface area contributed by atoms with Crippen LogP contribution in [0, 0.1) is 11.7 Å². The first-order valence-corrected chi connectivity index (χ1v) is 9.14. The van der Waals surface area contributed by atoms with Gasteiger partial charge in [-0.1, -0.05) is 18.6 Å². The van der Waals surface area contributed by atoms with Gasteiger partial charge in [0, 0.05) is 45.2 Å². The molecule has 25 heavy (non-hydrogen) atoms. The van der Waals surface area contributed by atoms with Crippen LogP contribution in [0.4, 0.5) is 4.39 Å². The molecule has 1 heterocycles. The number of halogens is 1. The van der Waals surface area contributed by atoms with Crippen molar-refractivity contribution in [1.82, 2.24) is 15.1 Å². The van der Waals surface area contributed by atoms with Gasteiger partial charge in [0.25, 0.3) is 0 Å². The van der Waals surface area contributed by atoms with Gasteiger partial charge in [0.2, 0.25) is 11.8 Å². The van der Waals surface area contributed by atoms with Crippen LogP contribution >= 0.6 is 0 Å². The molecule has 5 nitrogen and oxygen atoms in total. The largest absolute Gasteiger partial charge is 0.355 e. The third-order valence-corrected chi connectivity index (χ3v) is 5.17. The van der Waals surface area contributed by atoms with Gasteiger partial charge in [-0.2, -0.15) is 0 Å². The summed E-state index contributed by atoms with van der Waals surface area (Å²) < 4.78 is 12.8. The quantitative estimate of drug-likeness (QED) is 0.847. The van der Waals surface area contributed by atoms with Crippen LogP contribution in [0.1, 0.15) is 24.8 Å². The van der Waals surface area contributed by atoms with Crippen molar-refractivity contribution in [1.29, 1.82) is 0 Å². The molecule has 136 valence electrons. The van der Waals surface area contributed by atoms with E-state index in [9.17, 15) is 14.0 Å². The zero-order valence-electron chi connectivity index (χ0n) is 14.5. The van der Waals surface area contributed by atoms with Crippen LogP contribution in [0.3, 0.4) is 0 Å². The van der Waals surface area contributed by atoms with Crippen molar-refractivity contribution in [2.45, 2.75) is 25.7 Å². The van der Waals surface area contributed by atoms with E-state index in [4.69, 9.17) is 0 Å². The van der Waals surface area contributed by atoms with Crippen molar-refractivity contribution in [3.05, 3.63) is 35.6 Å². The van der Waals surface area contributed by atoms with E-state index < -0.39 is 0 Å². The molecule has 1 saturated heterocycles. The fourth-order valence-electron chi connectivity index (χ4n) is 3.31. The topological polar surface area (TPSA) is 52.7 Å². The number of hydrogen-bond donors (Lipinski definition) is 1. The molecule has 2 aliphatic rings. The average Bonchev–Trinajstić information content (AvgIpc) is 2.56. The van der Waals surface area contributed by atoms with Crippen molar-refractivity contribution in [3.63, 3.8) is 0 Å². The first-order valence-electron chi connectivity index (χ1n) is 9.14. The van der Waals surface area contributed by atoms with Crippen molar-refractivity contribution >= 4 is 11.8 Å². The number of benzene rings is 1. The summed E-state index contributed by atoms with van der Waals surface area (Å²) in [6, 6.07) is 6.00. The summed E-state index contributed by atoms with van der Waals surface area (Å²) in [4.78, 5) is 28.4. The molecule has 0 unspecified atom stereocenters. The highest BCUT2D eigenvalue weighted by Crippen LogP contribution is 2.28. The van der Waals surface area contributed by atoms with Crippen LogP contribution < -0.4 is 5.32 Å². The molecule has 1 aliphatic carbocycles. The molecule has 0 spiro atoms. The second-order valence-corrected chi connectivity index (χ2v) is 6.95. The number of nitrogens with zero attached hydrogens (tertiary/aromatic N) is 2. The molecule has 1 aromatic rings. The summed E-state index contributed by atoms with van der Waals surface area (Å²) in [6.45, 7) is 4.70. The van der Waals surface area contributed by atoms with E-state index in [2.05, 4.69) is 10.2 Å². The Morgan fingerprint density at radius 2 is 1.76 bits per heavy atom. The van der Waals surface area contributed by atoms with Crippen LogP contribution in [0.25, 0.3) is 0 Å². The third-order valence-electron chi connectivity index (χ3n) is 5.17. The lowest BCUT2D eigenvalue weighted by molar-refractivity contribution is -0.139. The number of carbonyl (C=O) groups excluding carboxylic acids is 2. The normalized spacial score (nSPS) is 18.7. The van der Waals surface area contributed by atoms with E-state index in [1.807, 2.05) is 4.90 Å². The lowest BCUT2D eigenvalue weighted by Crippen LogP contribution is -2.52. The highest BCUT2D eigenvalue weighted by atomic mass is 19.1. The summed E-state index contributed by atoms with van der Waals surface area (Å²) in [5, 5.41) is 2.91. The van der Waals surface area contributed by atoms with Crippen molar-refractivity contribution < 1.29 is 14.0 Å². The maximum atomic E-state index is 12.8. The lowest BCUT2D eigenvalue weighted by Gasteiger charge is -2.38. The molecule has 0 atom stereocenters. The zero-order valence-corrected chi connectivity index (χ0v) is 14.5. The fraction of sp³-hybridized carbons (Fsp3) is 0.579. The number of rotatable bonds is 6. The van der Waals surface area contributed by atoms with Gasteiger partial charge in [-0.25, -0.2) is 4.39 Å². The first kappa shape index (κ1) is 17.9. The molecule has 0 radical (unpaired) electrons. The fourth-order valence-corrected chi connectivity index (χ4v) is 3.31. The number of carbonyl (C=O) groups is 2.